The molecule has 0 atom stereocenters. The number of nitrogens with one attached hydrogen (secondary N) is 2. The van der Waals surface area contributed by atoms with Gasteiger partial charge in [-0.25, -0.2) is 0 Å². The van der Waals surface area contributed by atoms with Gasteiger partial charge in [-0.1, -0.05) is 30.3 Å². The van der Waals surface area contributed by atoms with Crippen LogP contribution in [0.15, 0.2) is 78.9 Å². The van der Waals surface area contributed by atoms with Gasteiger partial charge in [0, 0.05) is 11.3 Å². The van der Waals surface area contributed by atoms with Crippen molar-refractivity contribution in [2.45, 2.75) is 6.42 Å². The summed E-state index contributed by atoms with van der Waals surface area (Å²) in [5.74, 6) is 0.638. The van der Waals surface area contributed by atoms with Crippen LogP contribution in [0, 0.1) is 11.3 Å². The first-order valence-corrected chi connectivity index (χ1v) is 9.01. The largest absolute Gasteiger partial charge is 0.457 e. The number of anilines is 1. The average Bonchev–Trinajstić information content (AvgIpc) is 2.75. The van der Waals surface area contributed by atoms with E-state index in [0.29, 0.717) is 29.2 Å². The molecular weight excluding hydrogens is 366 g/mol. The molecule has 2 N–H and O–H groups in total. The Labute approximate surface area is 168 Å². The maximum Gasteiger partial charge on any atom is 0.251 e. The Bertz CT molecular complexity index is 1010. The number of nitriles is 1. The Balaban J connectivity index is 1.48. The molecule has 6 nitrogen and oxygen atoms in total. The maximum atomic E-state index is 12.2. The summed E-state index contributed by atoms with van der Waals surface area (Å²) in [6, 6.07) is 25.1. The summed E-state index contributed by atoms with van der Waals surface area (Å²) in [4.78, 5) is 24.2. The van der Waals surface area contributed by atoms with Crippen molar-refractivity contribution in [3.8, 4) is 17.6 Å². The molecule has 0 aliphatic heterocycles. The molecular formula is C23H19N3O3. The average molecular weight is 385 g/mol. The van der Waals surface area contributed by atoms with Crippen LogP contribution in [0.4, 0.5) is 5.69 Å². The van der Waals surface area contributed by atoms with Crippen LogP contribution in [0.3, 0.4) is 0 Å². The van der Waals surface area contributed by atoms with E-state index in [1.54, 1.807) is 48.5 Å². The third-order valence-electron chi connectivity index (χ3n) is 4.03. The summed E-state index contributed by atoms with van der Waals surface area (Å²) in [6.45, 7) is -0.152. The summed E-state index contributed by atoms with van der Waals surface area (Å²) >= 11 is 0. The summed E-state index contributed by atoms with van der Waals surface area (Å²) in [5, 5.41) is 13.9. The topological polar surface area (TPSA) is 91.2 Å². The van der Waals surface area contributed by atoms with E-state index in [1.807, 2.05) is 30.3 Å². The lowest BCUT2D eigenvalue weighted by Gasteiger charge is -2.09. The van der Waals surface area contributed by atoms with E-state index in [1.165, 1.54) is 0 Å². The number of ether oxygens (including phenoxy) is 1. The zero-order valence-corrected chi connectivity index (χ0v) is 15.6. The lowest BCUT2D eigenvalue weighted by molar-refractivity contribution is -0.115. The molecule has 0 aromatic heterocycles. The van der Waals surface area contributed by atoms with E-state index in [-0.39, 0.29) is 18.4 Å². The molecule has 3 aromatic carbocycles. The molecule has 0 aliphatic carbocycles. The standard InChI is InChI=1S/C23H19N3O3/c24-15-14-17-6-10-19(11-7-17)26-22(27)16-25-23(28)18-8-12-21(13-9-18)29-20-4-2-1-3-5-20/h1-13H,14,16H2,(H,25,28)(H,26,27). The van der Waals surface area contributed by atoms with Gasteiger partial charge in [0.2, 0.25) is 5.91 Å². The Morgan fingerprint density at radius 3 is 2.17 bits per heavy atom. The maximum absolute atomic E-state index is 12.2. The number of carbonyl (C=O) groups excluding carboxylic acids is 2. The Kier molecular flexibility index (Phi) is 6.58. The quantitative estimate of drug-likeness (QED) is 0.645. The lowest BCUT2D eigenvalue weighted by atomic mass is 10.1. The highest BCUT2D eigenvalue weighted by atomic mass is 16.5. The number of nitrogens with zero attached hydrogens (tertiary/aromatic N) is 1. The van der Waals surface area contributed by atoms with Gasteiger partial charge < -0.3 is 15.4 Å². The minimum absolute atomic E-state index is 0.152. The van der Waals surface area contributed by atoms with Gasteiger partial charge in [0.05, 0.1) is 19.0 Å². The normalized spacial score (nSPS) is 9.90. The van der Waals surface area contributed by atoms with E-state index in [9.17, 15) is 9.59 Å². The smallest absolute Gasteiger partial charge is 0.251 e. The molecule has 3 rings (SSSR count). The van der Waals surface area contributed by atoms with Crippen LogP contribution in [-0.4, -0.2) is 18.4 Å². The Morgan fingerprint density at radius 1 is 0.862 bits per heavy atom. The summed E-state index contributed by atoms with van der Waals surface area (Å²) < 4.78 is 5.69. The van der Waals surface area contributed by atoms with Crippen molar-refractivity contribution in [2.24, 2.45) is 0 Å². The third-order valence-corrected chi connectivity index (χ3v) is 4.03. The van der Waals surface area contributed by atoms with Crippen molar-refractivity contribution in [2.75, 3.05) is 11.9 Å². The van der Waals surface area contributed by atoms with Crippen LogP contribution >= 0.6 is 0 Å². The van der Waals surface area contributed by atoms with Crippen molar-refractivity contribution in [1.82, 2.24) is 5.32 Å². The molecule has 3 aromatic rings. The third kappa shape index (κ3) is 5.94. The SMILES string of the molecule is N#CCc1ccc(NC(=O)CNC(=O)c2ccc(Oc3ccccc3)cc2)cc1. The number of hydrogen-bond acceptors (Lipinski definition) is 4. The minimum atomic E-state index is -0.351. The van der Waals surface area contributed by atoms with E-state index >= 15 is 0 Å². The van der Waals surface area contributed by atoms with Gasteiger partial charge in [-0.3, -0.25) is 9.59 Å². The second kappa shape index (κ2) is 9.72. The van der Waals surface area contributed by atoms with E-state index < -0.39 is 0 Å². The van der Waals surface area contributed by atoms with Gasteiger partial charge in [0.15, 0.2) is 0 Å². The first kappa shape index (κ1) is 19.6. The Morgan fingerprint density at radius 2 is 1.52 bits per heavy atom. The molecule has 0 aliphatic rings. The van der Waals surface area contributed by atoms with Gasteiger partial charge in [-0.2, -0.15) is 5.26 Å². The molecule has 0 heterocycles. The van der Waals surface area contributed by atoms with Crippen molar-refractivity contribution in [1.29, 1.82) is 5.26 Å². The van der Waals surface area contributed by atoms with Gasteiger partial charge in [-0.15, -0.1) is 0 Å². The first-order chi connectivity index (χ1) is 14.1. The van der Waals surface area contributed by atoms with Gasteiger partial charge in [-0.05, 0) is 54.1 Å². The second-order valence-corrected chi connectivity index (χ2v) is 6.20. The highest BCUT2D eigenvalue weighted by Gasteiger charge is 2.09. The summed E-state index contributed by atoms with van der Waals surface area (Å²) in [7, 11) is 0. The number of amides is 2. The fourth-order valence-corrected chi connectivity index (χ4v) is 2.56. The van der Waals surface area contributed by atoms with Crippen LogP contribution in [0.5, 0.6) is 11.5 Å². The van der Waals surface area contributed by atoms with Crippen molar-refractivity contribution < 1.29 is 14.3 Å². The van der Waals surface area contributed by atoms with E-state index in [2.05, 4.69) is 16.7 Å². The van der Waals surface area contributed by atoms with E-state index in [4.69, 9.17) is 10.00 Å². The molecule has 0 spiro atoms. The molecule has 0 fully saturated rings. The minimum Gasteiger partial charge on any atom is -0.457 e. The van der Waals surface area contributed by atoms with Crippen LogP contribution in [0.1, 0.15) is 15.9 Å². The first-order valence-electron chi connectivity index (χ1n) is 9.01. The number of hydrogen-bond donors (Lipinski definition) is 2. The van der Waals surface area contributed by atoms with Crippen molar-refractivity contribution in [3.05, 3.63) is 90.0 Å². The molecule has 6 heteroatoms. The monoisotopic (exact) mass is 385 g/mol. The van der Waals surface area contributed by atoms with Crippen LogP contribution < -0.4 is 15.4 Å². The predicted octanol–water partition coefficient (Wildman–Crippen LogP) is 3.91. The molecule has 0 bridgehead atoms. The number of rotatable bonds is 7. The number of carbonyl (C=O) groups is 2. The highest BCUT2D eigenvalue weighted by molar-refractivity contribution is 5.99. The number of benzene rings is 3. The lowest BCUT2D eigenvalue weighted by Crippen LogP contribution is -2.32. The summed E-state index contributed by atoms with van der Waals surface area (Å²) in [5.41, 5.74) is 1.91. The molecule has 2 amide bonds. The second-order valence-electron chi connectivity index (χ2n) is 6.20. The molecule has 0 saturated carbocycles. The van der Waals surface area contributed by atoms with Crippen LogP contribution in [-0.2, 0) is 11.2 Å². The van der Waals surface area contributed by atoms with E-state index in [0.717, 1.165) is 5.56 Å². The Hall–Kier alpha value is -4.11. The highest BCUT2D eigenvalue weighted by Crippen LogP contribution is 2.21. The van der Waals surface area contributed by atoms with Gasteiger partial charge >= 0.3 is 0 Å². The van der Waals surface area contributed by atoms with Crippen molar-refractivity contribution in [3.63, 3.8) is 0 Å². The molecule has 29 heavy (non-hydrogen) atoms. The van der Waals surface area contributed by atoms with Crippen LogP contribution in [0.25, 0.3) is 0 Å². The molecule has 0 saturated heterocycles. The fraction of sp³-hybridized carbons (Fsp3) is 0.0870. The molecule has 0 unspecified atom stereocenters. The van der Waals surface area contributed by atoms with Gasteiger partial charge in [0.1, 0.15) is 11.5 Å². The predicted molar refractivity (Wildman–Crippen MR) is 110 cm³/mol. The van der Waals surface area contributed by atoms with Gasteiger partial charge in [0.25, 0.3) is 5.91 Å². The fourth-order valence-electron chi connectivity index (χ4n) is 2.56. The summed E-state index contributed by atoms with van der Waals surface area (Å²) in [6.07, 6.45) is 0.319. The zero-order valence-electron chi connectivity index (χ0n) is 15.6. The number of para-hydroxylation sites is 1. The van der Waals surface area contributed by atoms with Crippen LogP contribution in [0.2, 0.25) is 0 Å². The van der Waals surface area contributed by atoms with Crippen molar-refractivity contribution >= 4 is 17.5 Å². The molecule has 144 valence electrons. The molecule has 0 radical (unpaired) electrons. The zero-order chi connectivity index (χ0) is 20.5.